The predicted molar refractivity (Wildman–Crippen MR) is 109 cm³/mol. The molecule has 0 radical (unpaired) electrons. The fraction of sp³-hybridized carbons (Fsp3) is 0.789. The number of nitrogens with zero attached hydrogens (tertiary/aromatic N) is 1. The summed E-state index contributed by atoms with van der Waals surface area (Å²) in [4.78, 5) is 46.7. The van der Waals surface area contributed by atoms with E-state index in [2.05, 4.69) is 5.32 Å². The van der Waals surface area contributed by atoms with Crippen LogP contribution in [0, 0.1) is 0 Å². The number of hydrogen-bond donors (Lipinski definition) is 3. The number of hydrazine groups is 1. The van der Waals surface area contributed by atoms with E-state index in [1.807, 2.05) is 5.43 Å². The Kier molecular flexibility index (Phi) is 15.5. The summed E-state index contributed by atoms with van der Waals surface area (Å²) in [6.07, 6.45) is 0.868. The van der Waals surface area contributed by atoms with E-state index in [-0.39, 0.29) is 62.3 Å². The van der Waals surface area contributed by atoms with E-state index in [4.69, 9.17) is 24.8 Å². The van der Waals surface area contributed by atoms with Crippen molar-refractivity contribution in [2.75, 3.05) is 72.5 Å². The molecular weight excluding hydrogens is 412 g/mol. The lowest BCUT2D eigenvalue weighted by Gasteiger charge is -2.13. The van der Waals surface area contributed by atoms with E-state index in [1.165, 1.54) is 0 Å². The number of Topliss-reactive ketones (excluding diaryl/α,β-unsaturated/α-hetero) is 1. The van der Waals surface area contributed by atoms with Gasteiger partial charge < -0.3 is 24.3 Å². The predicted octanol–water partition coefficient (Wildman–Crippen LogP) is -1.87. The number of imide groups is 1. The van der Waals surface area contributed by atoms with Gasteiger partial charge in [-0.05, 0) is 0 Å². The first kappa shape index (κ1) is 27.1. The maximum atomic E-state index is 11.8. The van der Waals surface area contributed by atoms with E-state index in [0.717, 1.165) is 4.90 Å². The molecule has 31 heavy (non-hydrogen) atoms. The highest BCUT2D eigenvalue weighted by atomic mass is 16.6. The number of amides is 3. The molecule has 1 rings (SSSR count). The second kappa shape index (κ2) is 17.7. The van der Waals surface area contributed by atoms with Gasteiger partial charge in [0.2, 0.25) is 17.7 Å². The monoisotopic (exact) mass is 446 g/mol. The van der Waals surface area contributed by atoms with Gasteiger partial charge in [-0.1, -0.05) is 0 Å². The Morgan fingerprint density at radius 2 is 1.32 bits per heavy atom. The average Bonchev–Trinajstić information content (AvgIpc) is 3.08. The summed E-state index contributed by atoms with van der Waals surface area (Å²) in [6.45, 7) is 4.14. The Hall–Kier alpha value is -1.96. The van der Waals surface area contributed by atoms with Crippen LogP contribution < -0.4 is 16.6 Å². The molecule has 1 heterocycles. The molecule has 12 heteroatoms. The number of rotatable bonds is 20. The molecule has 0 aromatic rings. The van der Waals surface area contributed by atoms with Crippen molar-refractivity contribution in [1.82, 2.24) is 15.6 Å². The fourth-order valence-electron chi connectivity index (χ4n) is 2.57. The number of nitrogens with two attached hydrogens (primary N) is 1. The summed E-state index contributed by atoms with van der Waals surface area (Å²) >= 11 is 0. The van der Waals surface area contributed by atoms with Crippen molar-refractivity contribution < 1.29 is 38.1 Å². The minimum absolute atomic E-state index is 0.0534. The number of carbonyl (C=O) groups is 4. The Morgan fingerprint density at radius 1 is 0.806 bits per heavy atom. The summed E-state index contributed by atoms with van der Waals surface area (Å²) in [5.41, 5.74) is 2.02. The van der Waals surface area contributed by atoms with Crippen molar-refractivity contribution in [3.63, 3.8) is 0 Å². The van der Waals surface area contributed by atoms with E-state index in [0.29, 0.717) is 59.4 Å². The van der Waals surface area contributed by atoms with Gasteiger partial charge in [0.15, 0.2) is 0 Å². The van der Waals surface area contributed by atoms with Crippen LogP contribution in [0.2, 0.25) is 0 Å². The molecule has 0 unspecified atom stereocenters. The Morgan fingerprint density at radius 3 is 1.87 bits per heavy atom. The number of likely N-dealkylation sites (tertiary alicyclic amines) is 1. The van der Waals surface area contributed by atoms with Crippen molar-refractivity contribution in [3.8, 4) is 0 Å². The first-order chi connectivity index (χ1) is 15.0. The lowest BCUT2D eigenvalue weighted by molar-refractivity contribution is -0.138. The molecule has 0 aliphatic carbocycles. The molecule has 1 saturated heterocycles. The zero-order valence-electron chi connectivity index (χ0n) is 17.9. The van der Waals surface area contributed by atoms with Crippen LogP contribution in [-0.4, -0.2) is 101 Å². The molecular formula is C19H34N4O8. The van der Waals surface area contributed by atoms with Gasteiger partial charge in [-0.3, -0.25) is 29.5 Å². The zero-order valence-corrected chi connectivity index (χ0v) is 17.9. The molecule has 1 aliphatic rings. The Bertz CT molecular complexity index is 545. The van der Waals surface area contributed by atoms with Gasteiger partial charge in [-0.15, -0.1) is 0 Å². The van der Waals surface area contributed by atoms with Crippen LogP contribution in [0.15, 0.2) is 0 Å². The second-order valence-electron chi connectivity index (χ2n) is 6.67. The molecule has 12 nitrogen and oxygen atoms in total. The maximum Gasteiger partial charge on any atom is 0.236 e. The lowest BCUT2D eigenvalue weighted by atomic mass is 10.2. The molecule has 1 aliphatic heterocycles. The van der Waals surface area contributed by atoms with Gasteiger partial charge in [-0.25, -0.2) is 5.84 Å². The molecule has 3 amide bonds. The van der Waals surface area contributed by atoms with Crippen LogP contribution in [0.4, 0.5) is 0 Å². The van der Waals surface area contributed by atoms with Crippen LogP contribution in [0.1, 0.15) is 25.7 Å². The smallest absolute Gasteiger partial charge is 0.236 e. The quantitative estimate of drug-likeness (QED) is 0.0636. The molecule has 0 aromatic carbocycles. The first-order valence-corrected chi connectivity index (χ1v) is 10.4. The molecule has 0 aromatic heterocycles. The largest absolute Gasteiger partial charge is 0.379 e. The highest BCUT2D eigenvalue weighted by molar-refractivity contribution is 6.02. The lowest BCUT2D eigenvalue weighted by Crippen LogP contribution is -2.33. The van der Waals surface area contributed by atoms with Crippen molar-refractivity contribution in [2.24, 2.45) is 5.84 Å². The molecule has 0 bridgehead atoms. The minimum Gasteiger partial charge on any atom is -0.379 e. The van der Waals surface area contributed by atoms with Gasteiger partial charge in [0.1, 0.15) is 5.78 Å². The van der Waals surface area contributed by atoms with E-state index >= 15 is 0 Å². The van der Waals surface area contributed by atoms with Gasteiger partial charge in [0.25, 0.3) is 0 Å². The van der Waals surface area contributed by atoms with Gasteiger partial charge >= 0.3 is 0 Å². The number of ether oxygens (including phenoxy) is 4. The normalized spacial score (nSPS) is 13.8. The summed E-state index contributed by atoms with van der Waals surface area (Å²) in [7, 11) is 0. The van der Waals surface area contributed by atoms with Gasteiger partial charge in [0.05, 0.1) is 65.8 Å². The molecule has 0 atom stereocenters. The van der Waals surface area contributed by atoms with Crippen molar-refractivity contribution in [3.05, 3.63) is 0 Å². The van der Waals surface area contributed by atoms with Gasteiger partial charge in [0, 0.05) is 32.4 Å². The average molecular weight is 447 g/mol. The third kappa shape index (κ3) is 13.9. The van der Waals surface area contributed by atoms with E-state index in [9.17, 15) is 19.2 Å². The van der Waals surface area contributed by atoms with Crippen LogP contribution in [-0.2, 0) is 38.1 Å². The number of carbonyl (C=O) groups excluding carboxylic acids is 4. The zero-order chi connectivity index (χ0) is 22.7. The SMILES string of the molecule is NNC(=O)CCOCCOCCOCCOCCNCC(=O)CCN1C(=O)CCC1=O. The minimum atomic E-state index is -0.272. The standard InChI is InChI=1S/C19H34N4O8/c20-22-17(25)4-7-28-9-11-30-13-14-31-12-10-29-8-5-21-15-16(24)3-6-23-18(26)1-2-19(23)27/h21H,1-15,20H2,(H,22,25). The fourth-order valence-corrected chi connectivity index (χ4v) is 2.57. The van der Waals surface area contributed by atoms with Crippen LogP contribution >= 0.6 is 0 Å². The summed E-state index contributed by atoms with van der Waals surface area (Å²) in [5.74, 6) is 4.21. The second-order valence-corrected chi connectivity index (χ2v) is 6.67. The van der Waals surface area contributed by atoms with E-state index < -0.39 is 0 Å². The summed E-state index contributed by atoms with van der Waals surface area (Å²) in [6, 6.07) is 0. The summed E-state index contributed by atoms with van der Waals surface area (Å²) < 4.78 is 21.3. The van der Waals surface area contributed by atoms with Crippen LogP contribution in [0.25, 0.3) is 0 Å². The maximum absolute atomic E-state index is 11.8. The molecule has 1 fully saturated rings. The number of hydrogen-bond acceptors (Lipinski definition) is 10. The highest BCUT2D eigenvalue weighted by Crippen LogP contribution is 2.11. The molecule has 4 N–H and O–H groups in total. The Labute approximate surface area is 182 Å². The van der Waals surface area contributed by atoms with Crippen LogP contribution in [0.3, 0.4) is 0 Å². The number of ketones is 1. The van der Waals surface area contributed by atoms with Gasteiger partial charge in [-0.2, -0.15) is 0 Å². The van der Waals surface area contributed by atoms with Crippen LogP contribution in [0.5, 0.6) is 0 Å². The third-order valence-corrected chi connectivity index (χ3v) is 4.26. The van der Waals surface area contributed by atoms with E-state index in [1.54, 1.807) is 0 Å². The highest BCUT2D eigenvalue weighted by Gasteiger charge is 2.28. The van der Waals surface area contributed by atoms with Crippen molar-refractivity contribution in [1.29, 1.82) is 0 Å². The van der Waals surface area contributed by atoms with Crippen molar-refractivity contribution in [2.45, 2.75) is 25.7 Å². The third-order valence-electron chi connectivity index (χ3n) is 4.26. The molecule has 0 saturated carbocycles. The summed E-state index contributed by atoms with van der Waals surface area (Å²) in [5, 5.41) is 2.97. The van der Waals surface area contributed by atoms with Crippen molar-refractivity contribution >= 4 is 23.5 Å². The first-order valence-electron chi connectivity index (χ1n) is 10.4. The molecule has 0 spiro atoms. The molecule has 178 valence electrons. The Balaban J connectivity index is 1.77. The topological polar surface area (TPSA) is 159 Å². The number of nitrogens with one attached hydrogen (secondary N) is 2.